The van der Waals surface area contributed by atoms with Gasteiger partial charge in [0.1, 0.15) is 0 Å². The van der Waals surface area contributed by atoms with E-state index in [1.165, 1.54) is 12.8 Å². The highest BCUT2D eigenvalue weighted by atomic mass is 16.2. The molecule has 0 bridgehead atoms. The van der Waals surface area contributed by atoms with Gasteiger partial charge in [0.05, 0.1) is 0 Å². The molecule has 0 radical (unpaired) electrons. The van der Waals surface area contributed by atoms with Crippen LogP contribution in [0.4, 0.5) is 0 Å². The molecular formula is C15H30N2O. The summed E-state index contributed by atoms with van der Waals surface area (Å²) in [4.78, 5) is 14.7. The summed E-state index contributed by atoms with van der Waals surface area (Å²) in [6.45, 7) is 7.91. The van der Waals surface area contributed by atoms with Crippen molar-refractivity contribution in [3.05, 3.63) is 0 Å². The summed E-state index contributed by atoms with van der Waals surface area (Å²) >= 11 is 0. The molecule has 0 aliphatic heterocycles. The van der Waals surface area contributed by atoms with Gasteiger partial charge in [-0.2, -0.15) is 0 Å². The van der Waals surface area contributed by atoms with E-state index in [1.807, 2.05) is 0 Å². The zero-order valence-electron chi connectivity index (χ0n) is 12.3. The molecule has 0 saturated heterocycles. The van der Waals surface area contributed by atoms with Crippen LogP contribution in [0.1, 0.15) is 59.3 Å². The molecule has 1 saturated carbocycles. The standard InChI is InChI=1S/C15H30N2O/c1-4-14(5-2)17(11-10-16)15(18)13-8-6-12(3)7-9-13/h12-14H,4-11,16H2,1-3H3. The summed E-state index contributed by atoms with van der Waals surface area (Å²) < 4.78 is 0. The molecule has 0 aromatic rings. The van der Waals surface area contributed by atoms with Gasteiger partial charge >= 0.3 is 0 Å². The van der Waals surface area contributed by atoms with E-state index in [0.717, 1.165) is 38.1 Å². The largest absolute Gasteiger partial charge is 0.338 e. The highest BCUT2D eigenvalue weighted by Crippen LogP contribution is 2.30. The molecule has 1 fully saturated rings. The van der Waals surface area contributed by atoms with Crippen LogP contribution in [0.3, 0.4) is 0 Å². The summed E-state index contributed by atoms with van der Waals surface area (Å²) in [7, 11) is 0. The van der Waals surface area contributed by atoms with Gasteiger partial charge in [0.2, 0.25) is 5.91 Å². The van der Waals surface area contributed by atoms with Gasteiger partial charge in [-0.15, -0.1) is 0 Å². The number of nitrogens with zero attached hydrogens (tertiary/aromatic N) is 1. The van der Waals surface area contributed by atoms with E-state index in [0.29, 0.717) is 18.5 Å². The van der Waals surface area contributed by atoms with E-state index in [4.69, 9.17) is 5.73 Å². The Morgan fingerprint density at radius 1 is 1.22 bits per heavy atom. The average Bonchev–Trinajstić information content (AvgIpc) is 2.39. The van der Waals surface area contributed by atoms with Gasteiger partial charge < -0.3 is 10.6 Å². The Morgan fingerprint density at radius 3 is 2.22 bits per heavy atom. The number of carbonyl (C=O) groups is 1. The van der Waals surface area contributed by atoms with Crippen molar-refractivity contribution in [3.8, 4) is 0 Å². The normalized spacial score (nSPS) is 24.3. The van der Waals surface area contributed by atoms with Gasteiger partial charge in [-0.05, 0) is 44.4 Å². The quantitative estimate of drug-likeness (QED) is 0.792. The van der Waals surface area contributed by atoms with Gasteiger partial charge in [0, 0.05) is 25.0 Å². The first-order chi connectivity index (χ1) is 8.63. The van der Waals surface area contributed by atoms with Crippen molar-refractivity contribution in [2.75, 3.05) is 13.1 Å². The second-order valence-corrected chi connectivity index (χ2v) is 5.75. The predicted octanol–water partition coefficient (Wildman–Crippen LogP) is 2.79. The maximum absolute atomic E-state index is 12.6. The summed E-state index contributed by atoms with van der Waals surface area (Å²) in [5, 5.41) is 0. The zero-order valence-corrected chi connectivity index (χ0v) is 12.3. The van der Waals surface area contributed by atoms with Crippen LogP contribution < -0.4 is 5.73 Å². The van der Waals surface area contributed by atoms with E-state index in [2.05, 4.69) is 25.7 Å². The molecule has 0 spiro atoms. The Hall–Kier alpha value is -0.570. The molecule has 2 N–H and O–H groups in total. The maximum atomic E-state index is 12.6. The predicted molar refractivity (Wildman–Crippen MR) is 76.3 cm³/mol. The fraction of sp³-hybridized carbons (Fsp3) is 0.933. The Labute approximate surface area is 112 Å². The first-order valence-corrected chi connectivity index (χ1v) is 7.64. The summed E-state index contributed by atoms with van der Waals surface area (Å²) in [5.41, 5.74) is 5.67. The van der Waals surface area contributed by atoms with Crippen LogP contribution in [0.5, 0.6) is 0 Å². The van der Waals surface area contributed by atoms with E-state index in [9.17, 15) is 4.79 Å². The van der Waals surface area contributed by atoms with Crippen LogP contribution in [0.25, 0.3) is 0 Å². The molecule has 106 valence electrons. The molecular weight excluding hydrogens is 224 g/mol. The Balaban J connectivity index is 2.63. The summed E-state index contributed by atoms with van der Waals surface area (Å²) in [5.74, 6) is 1.42. The van der Waals surface area contributed by atoms with Crippen molar-refractivity contribution >= 4 is 5.91 Å². The fourth-order valence-electron chi connectivity index (χ4n) is 3.08. The molecule has 1 amide bonds. The Bertz CT molecular complexity index is 243. The smallest absolute Gasteiger partial charge is 0.225 e. The van der Waals surface area contributed by atoms with Crippen LogP contribution in [-0.4, -0.2) is 29.9 Å². The molecule has 18 heavy (non-hydrogen) atoms. The third-order valence-electron chi connectivity index (χ3n) is 4.40. The topological polar surface area (TPSA) is 46.3 Å². The van der Waals surface area contributed by atoms with Gasteiger partial charge in [0.25, 0.3) is 0 Å². The first-order valence-electron chi connectivity index (χ1n) is 7.64. The number of nitrogens with two attached hydrogens (primary N) is 1. The Kier molecular flexibility index (Phi) is 6.69. The molecule has 3 heteroatoms. The minimum absolute atomic E-state index is 0.258. The van der Waals surface area contributed by atoms with Crippen LogP contribution in [0, 0.1) is 11.8 Å². The molecule has 0 atom stereocenters. The maximum Gasteiger partial charge on any atom is 0.225 e. The van der Waals surface area contributed by atoms with Gasteiger partial charge in [0.15, 0.2) is 0 Å². The minimum Gasteiger partial charge on any atom is -0.338 e. The van der Waals surface area contributed by atoms with E-state index < -0.39 is 0 Å². The third-order valence-corrected chi connectivity index (χ3v) is 4.40. The number of amides is 1. The summed E-state index contributed by atoms with van der Waals surface area (Å²) in [6, 6.07) is 0.375. The average molecular weight is 254 g/mol. The minimum atomic E-state index is 0.258. The Morgan fingerprint density at radius 2 is 1.78 bits per heavy atom. The molecule has 1 rings (SSSR count). The molecule has 0 heterocycles. The second kappa shape index (κ2) is 7.78. The first kappa shape index (κ1) is 15.5. The molecule has 1 aliphatic carbocycles. The SMILES string of the molecule is CCC(CC)N(CCN)C(=O)C1CCC(C)CC1. The molecule has 3 nitrogen and oxygen atoms in total. The van der Waals surface area contributed by atoms with Crippen molar-refractivity contribution in [1.82, 2.24) is 4.90 Å². The lowest BCUT2D eigenvalue weighted by molar-refractivity contribution is -0.139. The lowest BCUT2D eigenvalue weighted by Crippen LogP contribution is -2.46. The van der Waals surface area contributed by atoms with Crippen molar-refractivity contribution in [2.24, 2.45) is 17.6 Å². The van der Waals surface area contributed by atoms with Crippen LogP contribution >= 0.6 is 0 Å². The monoisotopic (exact) mass is 254 g/mol. The van der Waals surface area contributed by atoms with E-state index in [-0.39, 0.29) is 5.92 Å². The van der Waals surface area contributed by atoms with Crippen molar-refractivity contribution in [1.29, 1.82) is 0 Å². The second-order valence-electron chi connectivity index (χ2n) is 5.75. The van der Waals surface area contributed by atoms with E-state index in [1.54, 1.807) is 0 Å². The lowest BCUT2D eigenvalue weighted by atomic mass is 9.82. The van der Waals surface area contributed by atoms with Gasteiger partial charge in [-0.25, -0.2) is 0 Å². The number of carbonyl (C=O) groups excluding carboxylic acids is 1. The highest BCUT2D eigenvalue weighted by Gasteiger charge is 2.30. The van der Waals surface area contributed by atoms with Crippen LogP contribution in [-0.2, 0) is 4.79 Å². The van der Waals surface area contributed by atoms with Crippen molar-refractivity contribution in [3.63, 3.8) is 0 Å². The molecule has 0 unspecified atom stereocenters. The zero-order chi connectivity index (χ0) is 13.5. The third kappa shape index (κ3) is 3.98. The number of hydrogen-bond donors (Lipinski definition) is 1. The van der Waals surface area contributed by atoms with Gasteiger partial charge in [-0.1, -0.05) is 20.8 Å². The molecule has 0 aromatic heterocycles. The van der Waals surface area contributed by atoms with Crippen LogP contribution in [0.15, 0.2) is 0 Å². The highest BCUT2D eigenvalue weighted by molar-refractivity contribution is 5.79. The van der Waals surface area contributed by atoms with Crippen molar-refractivity contribution in [2.45, 2.75) is 65.3 Å². The molecule has 0 aromatic carbocycles. The number of hydrogen-bond acceptors (Lipinski definition) is 2. The fourth-order valence-corrected chi connectivity index (χ4v) is 3.08. The molecule has 1 aliphatic rings. The van der Waals surface area contributed by atoms with Gasteiger partial charge in [-0.3, -0.25) is 4.79 Å². The van der Waals surface area contributed by atoms with Crippen LogP contribution in [0.2, 0.25) is 0 Å². The van der Waals surface area contributed by atoms with E-state index >= 15 is 0 Å². The lowest BCUT2D eigenvalue weighted by Gasteiger charge is -2.35. The van der Waals surface area contributed by atoms with Crippen molar-refractivity contribution < 1.29 is 4.79 Å². The summed E-state index contributed by atoms with van der Waals surface area (Å²) in [6.07, 6.45) is 6.62. The number of rotatable bonds is 6.